The summed E-state index contributed by atoms with van der Waals surface area (Å²) in [5.74, 6) is 1.43. The highest BCUT2D eigenvalue weighted by molar-refractivity contribution is 6.33. The largest absolute Gasteiger partial charge is 0.319 e. The molecule has 1 aromatic heterocycles. The van der Waals surface area contributed by atoms with Gasteiger partial charge in [0.1, 0.15) is 0 Å². The number of nitrogens with zero attached hydrogens (tertiary/aromatic N) is 2. The maximum atomic E-state index is 6.22. The summed E-state index contributed by atoms with van der Waals surface area (Å²) >= 11 is 6.22. The molecular formula is C16H18ClN3. The lowest BCUT2D eigenvalue weighted by molar-refractivity contribution is 0.434. The SMILES string of the molecule is CNCC1CCc2nc(-c3ccccc3Cl)ncc2C1. The van der Waals surface area contributed by atoms with E-state index in [0.29, 0.717) is 10.9 Å². The highest BCUT2D eigenvalue weighted by Crippen LogP contribution is 2.28. The summed E-state index contributed by atoms with van der Waals surface area (Å²) in [4.78, 5) is 9.22. The average molecular weight is 288 g/mol. The fourth-order valence-electron chi connectivity index (χ4n) is 2.82. The zero-order valence-corrected chi connectivity index (χ0v) is 12.3. The normalized spacial score (nSPS) is 17.8. The molecule has 0 aliphatic heterocycles. The van der Waals surface area contributed by atoms with Gasteiger partial charge in [-0.2, -0.15) is 0 Å². The van der Waals surface area contributed by atoms with Crippen LogP contribution in [0, 0.1) is 5.92 Å². The lowest BCUT2D eigenvalue weighted by Gasteiger charge is -2.23. The van der Waals surface area contributed by atoms with Gasteiger partial charge in [0, 0.05) is 17.5 Å². The molecular weight excluding hydrogens is 270 g/mol. The summed E-state index contributed by atoms with van der Waals surface area (Å²) in [6.07, 6.45) is 5.26. The predicted octanol–water partition coefficient (Wildman–Crippen LogP) is 3.12. The first-order valence-corrected chi connectivity index (χ1v) is 7.40. The second-order valence-corrected chi connectivity index (χ2v) is 5.72. The van der Waals surface area contributed by atoms with Gasteiger partial charge in [-0.15, -0.1) is 0 Å². The fourth-order valence-corrected chi connectivity index (χ4v) is 3.04. The molecule has 4 heteroatoms. The number of aromatic nitrogens is 2. The van der Waals surface area contributed by atoms with Gasteiger partial charge in [0.25, 0.3) is 0 Å². The third kappa shape index (κ3) is 2.69. The Hall–Kier alpha value is -1.45. The Kier molecular flexibility index (Phi) is 3.99. The first-order chi connectivity index (χ1) is 9.78. The molecule has 0 spiro atoms. The van der Waals surface area contributed by atoms with E-state index < -0.39 is 0 Å². The van der Waals surface area contributed by atoms with Crippen molar-refractivity contribution in [1.82, 2.24) is 15.3 Å². The summed E-state index contributed by atoms with van der Waals surface area (Å²) in [6.45, 7) is 1.06. The summed E-state index contributed by atoms with van der Waals surface area (Å²) in [5, 5.41) is 3.96. The van der Waals surface area contributed by atoms with Crippen molar-refractivity contribution in [3.63, 3.8) is 0 Å². The molecule has 0 saturated carbocycles. The summed E-state index contributed by atoms with van der Waals surface area (Å²) < 4.78 is 0. The second-order valence-electron chi connectivity index (χ2n) is 5.31. The number of fused-ring (bicyclic) bond motifs is 1. The van der Waals surface area contributed by atoms with Gasteiger partial charge in [0.15, 0.2) is 5.82 Å². The van der Waals surface area contributed by atoms with Crippen LogP contribution in [0.1, 0.15) is 17.7 Å². The van der Waals surface area contributed by atoms with Crippen LogP contribution in [0.3, 0.4) is 0 Å². The van der Waals surface area contributed by atoms with Gasteiger partial charge in [-0.25, -0.2) is 9.97 Å². The number of hydrogen-bond donors (Lipinski definition) is 1. The van der Waals surface area contributed by atoms with Crippen molar-refractivity contribution in [3.8, 4) is 11.4 Å². The molecule has 0 saturated heterocycles. The first-order valence-electron chi connectivity index (χ1n) is 7.02. The van der Waals surface area contributed by atoms with Crippen molar-refractivity contribution in [1.29, 1.82) is 0 Å². The predicted molar refractivity (Wildman–Crippen MR) is 81.9 cm³/mol. The van der Waals surface area contributed by atoms with Crippen molar-refractivity contribution in [2.75, 3.05) is 13.6 Å². The zero-order chi connectivity index (χ0) is 13.9. The highest BCUT2D eigenvalue weighted by atomic mass is 35.5. The third-order valence-electron chi connectivity index (χ3n) is 3.86. The molecule has 1 unspecified atom stereocenters. The summed E-state index contributed by atoms with van der Waals surface area (Å²) in [6, 6.07) is 7.74. The van der Waals surface area contributed by atoms with Crippen LogP contribution >= 0.6 is 11.6 Å². The van der Waals surface area contributed by atoms with Crippen LogP contribution in [0.4, 0.5) is 0 Å². The number of rotatable bonds is 3. The zero-order valence-electron chi connectivity index (χ0n) is 11.6. The van der Waals surface area contributed by atoms with E-state index in [1.807, 2.05) is 37.5 Å². The van der Waals surface area contributed by atoms with Crippen molar-refractivity contribution < 1.29 is 0 Å². The lowest BCUT2D eigenvalue weighted by atomic mass is 9.87. The number of nitrogens with one attached hydrogen (secondary N) is 1. The Morgan fingerprint density at radius 2 is 2.20 bits per heavy atom. The van der Waals surface area contributed by atoms with Crippen LogP contribution in [0.2, 0.25) is 5.02 Å². The second kappa shape index (κ2) is 5.90. The molecule has 2 aromatic rings. The minimum absolute atomic E-state index is 0.697. The van der Waals surface area contributed by atoms with Gasteiger partial charge < -0.3 is 5.32 Å². The van der Waals surface area contributed by atoms with Crippen LogP contribution in [0.5, 0.6) is 0 Å². The van der Waals surface area contributed by atoms with Gasteiger partial charge >= 0.3 is 0 Å². The van der Waals surface area contributed by atoms with Crippen LogP contribution in [-0.2, 0) is 12.8 Å². The summed E-state index contributed by atoms with van der Waals surface area (Å²) in [5.41, 5.74) is 3.38. The van der Waals surface area contributed by atoms with E-state index in [0.717, 1.165) is 30.8 Å². The Morgan fingerprint density at radius 1 is 1.35 bits per heavy atom. The fraction of sp³-hybridized carbons (Fsp3) is 0.375. The van der Waals surface area contributed by atoms with Crippen LogP contribution in [0.15, 0.2) is 30.5 Å². The standard InChI is InChI=1S/C16H18ClN3/c1-18-9-11-6-7-15-12(8-11)10-19-16(20-15)13-4-2-3-5-14(13)17/h2-5,10-11,18H,6-9H2,1H3. The Morgan fingerprint density at radius 3 is 3.00 bits per heavy atom. The molecule has 0 amide bonds. The van der Waals surface area contributed by atoms with Gasteiger partial charge in [-0.05, 0) is 56.5 Å². The van der Waals surface area contributed by atoms with E-state index in [2.05, 4.69) is 10.3 Å². The molecule has 1 heterocycles. The number of halogens is 1. The first kappa shape index (κ1) is 13.5. The molecule has 0 bridgehead atoms. The van der Waals surface area contributed by atoms with E-state index in [1.54, 1.807) is 0 Å². The number of aryl methyl sites for hydroxylation is 1. The minimum atomic E-state index is 0.697. The van der Waals surface area contributed by atoms with Crippen LogP contribution in [-0.4, -0.2) is 23.6 Å². The van der Waals surface area contributed by atoms with E-state index in [9.17, 15) is 0 Å². The van der Waals surface area contributed by atoms with E-state index in [1.165, 1.54) is 17.7 Å². The molecule has 1 aromatic carbocycles. The molecule has 3 rings (SSSR count). The average Bonchev–Trinajstić information content (AvgIpc) is 2.48. The van der Waals surface area contributed by atoms with Crippen molar-refractivity contribution in [2.24, 2.45) is 5.92 Å². The van der Waals surface area contributed by atoms with E-state index in [4.69, 9.17) is 16.6 Å². The molecule has 1 aliphatic rings. The summed E-state index contributed by atoms with van der Waals surface area (Å²) in [7, 11) is 2.01. The highest BCUT2D eigenvalue weighted by Gasteiger charge is 2.20. The third-order valence-corrected chi connectivity index (χ3v) is 4.19. The molecule has 1 aliphatic carbocycles. The Balaban J connectivity index is 1.90. The molecule has 20 heavy (non-hydrogen) atoms. The monoisotopic (exact) mass is 287 g/mol. The van der Waals surface area contributed by atoms with Crippen molar-refractivity contribution in [3.05, 3.63) is 46.7 Å². The topological polar surface area (TPSA) is 37.8 Å². The smallest absolute Gasteiger partial charge is 0.160 e. The maximum Gasteiger partial charge on any atom is 0.160 e. The van der Waals surface area contributed by atoms with E-state index >= 15 is 0 Å². The van der Waals surface area contributed by atoms with E-state index in [-0.39, 0.29) is 0 Å². The molecule has 0 fully saturated rings. The molecule has 3 nitrogen and oxygen atoms in total. The van der Waals surface area contributed by atoms with Crippen molar-refractivity contribution >= 4 is 11.6 Å². The molecule has 1 atom stereocenters. The van der Waals surface area contributed by atoms with Gasteiger partial charge in [-0.3, -0.25) is 0 Å². The Labute approximate surface area is 124 Å². The quantitative estimate of drug-likeness (QED) is 0.942. The molecule has 1 N–H and O–H groups in total. The van der Waals surface area contributed by atoms with Crippen LogP contribution in [0.25, 0.3) is 11.4 Å². The Bertz CT molecular complexity index is 612. The van der Waals surface area contributed by atoms with Crippen LogP contribution < -0.4 is 5.32 Å². The van der Waals surface area contributed by atoms with Gasteiger partial charge in [0.2, 0.25) is 0 Å². The molecule has 104 valence electrons. The van der Waals surface area contributed by atoms with Gasteiger partial charge in [0.05, 0.1) is 5.02 Å². The number of hydrogen-bond acceptors (Lipinski definition) is 3. The number of benzene rings is 1. The van der Waals surface area contributed by atoms with Crippen molar-refractivity contribution in [2.45, 2.75) is 19.3 Å². The maximum absolute atomic E-state index is 6.22. The van der Waals surface area contributed by atoms with Gasteiger partial charge in [-0.1, -0.05) is 23.7 Å². The minimum Gasteiger partial charge on any atom is -0.319 e. The lowest BCUT2D eigenvalue weighted by Crippen LogP contribution is -2.25. The molecule has 0 radical (unpaired) electrons.